The summed E-state index contributed by atoms with van der Waals surface area (Å²) in [4.78, 5) is 30.2. The zero-order valence-electron chi connectivity index (χ0n) is 12.4. The summed E-state index contributed by atoms with van der Waals surface area (Å²) in [5, 5.41) is 3.30. The standard InChI is InChI=1S/C13H21N3O3S/c1-9-10(2)20-13(14-9)15-12(18)8-16(11(3)17)6-5-7-19-4/h5-8H2,1-4H3,(H,14,15,18). The Morgan fingerprint density at radius 3 is 2.60 bits per heavy atom. The fourth-order valence-electron chi connectivity index (χ4n) is 1.61. The molecule has 0 unspecified atom stereocenters. The summed E-state index contributed by atoms with van der Waals surface area (Å²) in [6, 6.07) is 0. The molecule has 0 aliphatic carbocycles. The smallest absolute Gasteiger partial charge is 0.245 e. The summed E-state index contributed by atoms with van der Waals surface area (Å²) in [5.41, 5.74) is 0.911. The molecule has 1 N–H and O–H groups in total. The molecule has 0 aliphatic rings. The first-order valence-electron chi connectivity index (χ1n) is 6.42. The molecule has 7 heteroatoms. The van der Waals surface area contributed by atoms with E-state index in [9.17, 15) is 9.59 Å². The van der Waals surface area contributed by atoms with Crippen molar-refractivity contribution in [3.05, 3.63) is 10.6 Å². The van der Waals surface area contributed by atoms with Gasteiger partial charge >= 0.3 is 0 Å². The molecule has 0 bridgehead atoms. The molecule has 1 rings (SSSR count). The normalized spacial score (nSPS) is 10.4. The first kappa shape index (κ1) is 16.6. The first-order valence-corrected chi connectivity index (χ1v) is 7.24. The minimum absolute atomic E-state index is 0.0384. The van der Waals surface area contributed by atoms with Crippen molar-refractivity contribution in [1.82, 2.24) is 9.88 Å². The third kappa shape index (κ3) is 5.26. The summed E-state index contributed by atoms with van der Waals surface area (Å²) < 4.78 is 4.94. The highest BCUT2D eigenvalue weighted by atomic mass is 32.1. The number of nitrogens with one attached hydrogen (secondary N) is 1. The second-order valence-corrected chi connectivity index (χ2v) is 5.70. The highest BCUT2D eigenvalue weighted by Gasteiger charge is 2.14. The minimum Gasteiger partial charge on any atom is -0.385 e. The highest BCUT2D eigenvalue weighted by Crippen LogP contribution is 2.20. The second-order valence-electron chi connectivity index (χ2n) is 4.50. The van der Waals surface area contributed by atoms with Crippen molar-refractivity contribution in [2.75, 3.05) is 32.1 Å². The number of anilines is 1. The van der Waals surface area contributed by atoms with Gasteiger partial charge in [-0.05, 0) is 20.3 Å². The molecule has 0 aromatic carbocycles. The van der Waals surface area contributed by atoms with Crippen LogP contribution in [0.2, 0.25) is 0 Å². The number of aromatic nitrogens is 1. The molecule has 2 amide bonds. The van der Waals surface area contributed by atoms with E-state index in [4.69, 9.17) is 4.74 Å². The molecule has 1 aromatic rings. The van der Waals surface area contributed by atoms with Crippen molar-refractivity contribution >= 4 is 28.3 Å². The van der Waals surface area contributed by atoms with E-state index < -0.39 is 0 Å². The van der Waals surface area contributed by atoms with Gasteiger partial charge in [-0.2, -0.15) is 0 Å². The van der Waals surface area contributed by atoms with E-state index in [-0.39, 0.29) is 18.4 Å². The van der Waals surface area contributed by atoms with Gasteiger partial charge in [0.1, 0.15) is 0 Å². The van der Waals surface area contributed by atoms with Crippen LogP contribution in [-0.4, -0.2) is 48.5 Å². The zero-order valence-corrected chi connectivity index (χ0v) is 13.2. The molecule has 6 nitrogen and oxygen atoms in total. The average molecular weight is 299 g/mol. The lowest BCUT2D eigenvalue weighted by molar-refractivity contribution is -0.132. The maximum absolute atomic E-state index is 11.9. The number of amides is 2. The first-order chi connectivity index (χ1) is 9.43. The molecule has 1 aromatic heterocycles. The van der Waals surface area contributed by atoms with Crippen LogP contribution < -0.4 is 5.32 Å². The predicted molar refractivity (Wildman–Crippen MR) is 79.0 cm³/mol. The Morgan fingerprint density at radius 2 is 2.10 bits per heavy atom. The molecule has 0 spiro atoms. The van der Waals surface area contributed by atoms with Crippen LogP contribution in [-0.2, 0) is 14.3 Å². The van der Waals surface area contributed by atoms with Crippen LogP contribution in [0.5, 0.6) is 0 Å². The molecule has 112 valence electrons. The molecular weight excluding hydrogens is 278 g/mol. The van der Waals surface area contributed by atoms with Crippen molar-refractivity contribution in [3.8, 4) is 0 Å². The largest absolute Gasteiger partial charge is 0.385 e. The van der Waals surface area contributed by atoms with Crippen LogP contribution in [0.4, 0.5) is 5.13 Å². The third-order valence-electron chi connectivity index (χ3n) is 2.83. The SMILES string of the molecule is COCCCN(CC(=O)Nc1nc(C)c(C)s1)C(C)=O. The number of carbonyl (C=O) groups is 2. The number of hydrogen-bond acceptors (Lipinski definition) is 5. The fraction of sp³-hybridized carbons (Fsp3) is 0.615. The van der Waals surface area contributed by atoms with Crippen molar-refractivity contribution in [3.63, 3.8) is 0 Å². The Morgan fingerprint density at radius 1 is 1.40 bits per heavy atom. The van der Waals surface area contributed by atoms with E-state index in [0.717, 1.165) is 10.6 Å². The lowest BCUT2D eigenvalue weighted by Gasteiger charge is -2.19. The zero-order chi connectivity index (χ0) is 15.1. The van der Waals surface area contributed by atoms with E-state index >= 15 is 0 Å². The summed E-state index contributed by atoms with van der Waals surface area (Å²) in [5.74, 6) is -0.353. The van der Waals surface area contributed by atoms with E-state index in [1.54, 1.807) is 7.11 Å². The van der Waals surface area contributed by atoms with Gasteiger partial charge in [0.25, 0.3) is 0 Å². The summed E-state index contributed by atoms with van der Waals surface area (Å²) in [7, 11) is 1.61. The van der Waals surface area contributed by atoms with Gasteiger partial charge < -0.3 is 15.0 Å². The maximum Gasteiger partial charge on any atom is 0.245 e. The quantitative estimate of drug-likeness (QED) is 0.776. The summed E-state index contributed by atoms with van der Waals surface area (Å²) in [6.45, 7) is 6.42. The average Bonchev–Trinajstić information content (AvgIpc) is 2.66. The van der Waals surface area contributed by atoms with Gasteiger partial charge in [0.05, 0.1) is 12.2 Å². The molecule has 0 aliphatic heterocycles. The Kier molecular flexibility index (Phi) is 6.60. The summed E-state index contributed by atoms with van der Waals surface area (Å²) >= 11 is 1.43. The Hall–Kier alpha value is -1.47. The van der Waals surface area contributed by atoms with Crippen LogP contribution in [0, 0.1) is 13.8 Å². The van der Waals surface area contributed by atoms with Crippen molar-refractivity contribution in [2.24, 2.45) is 0 Å². The van der Waals surface area contributed by atoms with Crippen molar-refractivity contribution in [2.45, 2.75) is 27.2 Å². The molecule has 1 heterocycles. The van der Waals surface area contributed by atoms with Crippen molar-refractivity contribution < 1.29 is 14.3 Å². The predicted octanol–water partition coefficient (Wildman–Crippen LogP) is 1.58. The van der Waals surface area contributed by atoms with Gasteiger partial charge in [-0.3, -0.25) is 9.59 Å². The minimum atomic E-state index is -0.230. The molecule has 0 fully saturated rings. The number of aryl methyl sites for hydroxylation is 2. The number of nitrogens with zero attached hydrogens (tertiary/aromatic N) is 2. The number of hydrogen-bond donors (Lipinski definition) is 1. The fourth-order valence-corrected chi connectivity index (χ4v) is 2.44. The molecule has 20 heavy (non-hydrogen) atoms. The second kappa shape index (κ2) is 7.96. The van der Waals surface area contributed by atoms with Gasteiger partial charge in [-0.1, -0.05) is 0 Å². The van der Waals surface area contributed by atoms with Crippen LogP contribution in [0.3, 0.4) is 0 Å². The lowest BCUT2D eigenvalue weighted by Crippen LogP contribution is -2.37. The Balaban J connectivity index is 2.51. The topological polar surface area (TPSA) is 71.5 Å². The monoisotopic (exact) mass is 299 g/mol. The van der Waals surface area contributed by atoms with Gasteiger partial charge in [0.15, 0.2) is 5.13 Å². The maximum atomic E-state index is 11.9. The number of methoxy groups -OCH3 is 1. The molecule has 0 atom stereocenters. The van der Waals surface area contributed by atoms with E-state index in [2.05, 4.69) is 10.3 Å². The molecule has 0 radical (unpaired) electrons. The van der Waals surface area contributed by atoms with E-state index in [0.29, 0.717) is 24.7 Å². The highest BCUT2D eigenvalue weighted by molar-refractivity contribution is 7.15. The van der Waals surface area contributed by atoms with Gasteiger partial charge in [0.2, 0.25) is 11.8 Å². The van der Waals surface area contributed by atoms with E-state index in [1.165, 1.54) is 23.2 Å². The summed E-state index contributed by atoms with van der Waals surface area (Å²) in [6.07, 6.45) is 0.707. The Labute approximate surface area is 123 Å². The number of carbonyl (C=O) groups excluding carboxylic acids is 2. The number of thiazole rings is 1. The molecule has 0 saturated heterocycles. The lowest BCUT2D eigenvalue weighted by atomic mass is 10.3. The van der Waals surface area contributed by atoms with Crippen LogP contribution in [0.15, 0.2) is 0 Å². The Bertz CT molecular complexity index is 454. The van der Waals surface area contributed by atoms with Crippen LogP contribution in [0.25, 0.3) is 0 Å². The van der Waals surface area contributed by atoms with Crippen molar-refractivity contribution in [1.29, 1.82) is 0 Å². The van der Waals surface area contributed by atoms with Gasteiger partial charge in [-0.15, -0.1) is 11.3 Å². The number of rotatable bonds is 7. The van der Waals surface area contributed by atoms with E-state index in [1.807, 2.05) is 13.8 Å². The third-order valence-corrected chi connectivity index (χ3v) is 3.82. The number of ether oxygens (including phenoxy) is 1. The van der Waals surface area contributed by atoms with Gasteiger partial charge in [-0.25, -0.2) is 4.98 Å². The van der Waals surface area contributed by atoms with Gasteiger partial charge in [0, 0.05) is 32.1 Å². The molecular formula is C13H21N3O3S. The van der Waals surface area contributed by atoms with Crippen LogP contribution in [0.1, 0.15) is 23.9 Å². The van der Waals surface area contributed by atoms with Crippen LogP contribution >= 0.6 is 11.3 Å². The molecule has 0 saturated carbocycles.